The van der Waals surface area contributed by atoms with Gasteiger partial charge in [0.05, 0.1) is 24.6 Å². The van der Waals surface area contributed by atoms with E-state index in [1.807, 2.05) is 0 Å². The highest BCUT2D eigenvalue weighted by Crippen LogP contribution is 1.95. The Morgan fingerprint density at radius 3 is 2.92 bits per heavy atom. The van der Waals surface area contributed by atoms with Crippen molar-refractivity contribution in [2.75, 3.05) is 13.2 Å². The van der Waals surface area contributed by atoms with E-state index < -0.39 is 17.7 Å². The predicted octanol–water partition coefficient (Wildman–Crippen LogP) is -0.292. The van der Waals surface area contributed by atoms with Gasteiger partial charge in [-0.2, -0.15) is 0 Å². The van der Waals surface area contributed by atoms with E-state index in [2.05, 4.69) is 10.8 Å². The predicted molar refractivity (Wildman–Crippen MR) is 41.6 cm³/mol. The van der Waals surface area contributed by atoms with Crippen molar-refractivity contribution < 1.29 is 22.8 Å². The van der Waals surface area contributed by atoms with E-state index in [1.54, 1.807) is 0 Å². The third-order valence-corrected chi connectivity index (χ3v) is 1.31. The molecule has 0 fully saturated rings. The largest absolute Gasteiger partial charge is 0.750 e. The number of ether oxygens (including phenoxy) is 1. The van der Waals surface area contributed by atoms with Crippen LogP contribution in [0.2, 0.25) is 0 Å². The van der Waals surface area contributed by atoms with E-state index in [9.17, 15) is 8.76 Å². The maximum atomic E-state index is 9.83. The summed E-state index contributed by atoms with van der Waals surface area (Å²) in [6.45, 7) is 3.51. The SMILES string of the molecule is C=CCOC(O)CCOS(=O)[O-]. The normalized spacial score (nSPS) is 15.5. The van der Waals surface area contributed by atoms with Crippen molar-refractivity contribution in [1.82, 2.24) is 0 Å². The Balaban J connectivity index is 3.24. The van der Waals surface area contributed by atoms with E-state index in [0.29, 0.717) is 0 Å². The molecule has 2 atom stereocenters. The summed E-state index contributed by atoms with van der Waals surface area (Å²) in [5.41, 5.74) is 0. The van der Waals surface area contributed by atoms with Gasteiger partial charge >= 0.3 is 0 Å². The van der Waals surface area contributed by atoms with Gasteiger partial charge in [-0.3, -0.25) is 0 Å². The van der Waals surface area contributed by atoms with Gasteiger partial charge in [0.15, 0.2) is 6.29 Å². The van der Waals surface area contributed by atoms with Gasteiger partial charge in [0.2, 0.25) is 0 Å². The zero-order valence-electron chi connectivity index (χ0n) is 6.47. The van der Waals surface area contributed by atoms with Crippen molar-refractivity contribution in [3.63, 3.8) is 0 Å². The highest BCUT2D eigenvalue weighted by atomic mass is 32.2. The van der Waals surface area contributed by atoms with Crippen molar-refractivity contribution >= 4 is 11.4 Å². The number of hydrogen-bond donors (Lipinski definition) is 1. The molecule has 0 aromatic rings. The number of aliphatic hydroxyl groups excluding tert-OH is 1. The van der Waals surface area contributed by atoms with Crippen molar-refractivity contribution in [3.8, 4) is 0 Å². The van der Waals surface area contributed by atoms with Crippen LogP contribution in [0, 0.1) is 0 Å². The van der Waals surface area contributed by atoms with E-state index >= 15 is 0 Å². The summed E-state index contributed by atoms with van der Waals surface area (Å²) in [6.07, 6.45) is 0.587. The first kappa shape index (κ1) is 11.7. The summed E-state index contributed by atoms with van der Waals surface area (Å²) >= 11 is -2.52. The molecular weight excluding hydrogens is 184 g/mol. The highest BCUT2D eigenvalue weighted by molar-refractivity contribution is 7.74. The maximum Gasteiger partial charge on any atom is 0.157 e. The summed E-state index contributed by atoms with van der Waals surface area (Å²) in [5.74, 6) is 0. The van der Waals surface area contributed by atoms with Crippen LogP contribution in [-0.4, -0.2) is 33.4 Å². The van der Waals surface area contributed by atoms with Gasteiger partial charge in [-0.15, -0.1) is 6.58 Å². The average Bonchev–Trinajstić information content (AvgIpc) is 2.00. The fourth-order valence-corrected chi connectivity index (χ4v) is 0.712. The van der Waals surface area contributed by atoms with Crippen molar-refractivity contribution in [2.24, 2.45) is 0 Å². The van der Waals surface area contributed by atoms with Gasteiger partial charge in [-0.25, -0.2) is 4.21 Å². The molecule has 72 valence electrons. The van der Waals surface area contributed by atoms with Crippen LogP contribution >= 0.6 is 0 Å². The number of aliphatic hydroxyl groups is 1. The first-order chi connectivity index (χ1) is 5.66. The molecule has 0 heterocycles. The molecule has 2 unspecified atom stereocenters. The molecule has 0 aliphatic carbocycles. The lowest BCUT2D eigenvalue weighted by Crippen LogP contribution is -2.15. The minimum absolute atomic E-state index is 0.0889. The molecule has 0 amide bonds. The molecule has 1 N–H and O–H groups in total. The smallest absolute Gasteiger partial charge is 0.157 e. The zero-order chi connectivity index (χ0) is 9.40. The Kier molecular flexibility index (Phi) is 7.22. The maximum absolute atomic E-state index is 9.83. The molecule has 0 aliphatic rings. The van der Waals surface area contributed by atoms with Crippen molar-refractivity contribution in [3.05, 3.63) is 12.7 Å². The molecule has 0 rings (SSSR count). The molecule has 12 heavy (non-hydrogen) atoms. The number of hydrogen-bond acceptors (Lipinski definition) is 5. The van der Waals surface area contributed by atoms with Gasteiger partial charge < -0.3 is 18.6 Å². The average molecular weight is 195 g/mol. The van der Waals surface area contributed by atoms with Crippen molar-refractivity contribution in [1.29, 1.82) is 0 Å². The van der Waals surface area contributed by atoms with Crippen LogP contribution < -0.4 is 0 Å². The second kappa shape index (κ2) is 7.38. The van der Waals surface area contributed by atoms with Gasteiger partial charge in [-0.1, -0.05) is 6.08 Å². The zero-order valence-corrected chi connectivity index (χ0v) is 7.29. The molecule has 5 nitrogen and oxygen atoms in total. The lowest BCUT2D eigenvalue weighted by atomic mass is 10.4. The third kappa shape index (κ3) is 7.83. The molecule has 0 aliphatic heterocycles. The quantitative estimate of drug-likeness (QED) is 0.343. The second-order valence-electron chi connectivity index (χ2n) is 1.89. The van der Waals surface area contributed by atoms with E-state index in [4.69, 9.17) is 9.84 Å². The Labute approximate surface area is 73.5 Å². The summed E-state index contributed by atoms with van der Waals surface area (Å²) in [5, 5.41) is 8.94. The molecule has 0 aromatic carbocycles. The van der Waals surface area contributed by atoms with Crippen LogP contribution in [0.15, 0.2) is 12.7 Å². The van der Waals surface area contributed by atoms with Crippen LogP contribution in [0.3, 0.4) is 0 Å². The molecule has 0 bridgehead atoms. The molecule has 0 spiro atoms. The van der Waals surface area contributed by atoms with Crippen LogP contribution in [0.1, 0.15) is 6.42 Å². The minimum Gasteiger partial charge on any atom is -0.750 e. The van der Waals surface area contributed by atoms with E-state index in [0.717, 1.165) is 0 Å². The second-order valence-corrected chi connectivity index (χ2v) is 2.54. The molecule has 0 radical (unpaired) electrons. The van der Waals surface area contributed by atoms with Gasteiger partial charge in [0.25, 0.3) is 0 Å². The van der Waals surface area contributed by atoms with E-state index in [1.165, 1.54) is 6.08 Å². The first-order valence-corrected chi connectivity index (χ1v) is 4.30. The fourth-order valence-electron chi connectivity index (χ4n) is 0.479. The Morgan fingerprint density at radius 2 is 2.42 bits per heavy atom. The fraction of sp³-hybridized carbons (Fsp3) is 0.667. The van der Waals surface area contributed by atoms with Crippen LogP contribution in [0.5, 0.6) is 0 Å². The Bertz CT molecular complexity index is 149. The monoisotopic (exact) mass is 195 g/mol. The van der Waals surface area contributed by atoms with Crippen molar-refractivity contribution in [2.45, 2.75) is 12.7 Å². The third-order valence-electron chi connectivity index (χ3n) is 0.951. The van der Waals surface area contributed by atoms with Crippen LogP contribution in [0.4, 0.5) is 0 Å². The van der Waals surface area contributed by atoms with Gasteiger partial charge in [-0.05, 0) is 0 Å². The molecular formula is C6H11O5S-. The van der Waals surface area contributed by atoms with Gasteiger partial charge in [0, 0.05) is 6.42 Å². The summed E-state index contributed by atoms with van der Waals surface area (Å²) in [6, 6.07) is 0. The Hall–Kier alpha value is -0.270. The topological polar surface area (TPSA) is 78.8 Å². The molecule has 6 heteroatoms. The molecule has 0 saturated heterocycles. The summed E-state index contributed by atoms with van der Waals surface area (Å²) in [7, 11) is 0. The summed E-state index contributed by atoms with van der Waals surface area (Å²) < 4.78 is 28.5. The van der Waals surface area contributed by atoms with Gasteiger partial charge in [0.1, 0.15) is 0 Å². The minimum atomic E-state index is -2.52. The number of rotatable bonds is 7. The van der Waals surface area contributed by atoms with Crippen LogP contribution in [0.25, 0.3) is 0 Å². The Morgan fingerprint density at radius 1 is 1.75 bits per heavy atom. The first-order valence-electron chi connectivity index (χ1n) is 3.30. The van der Waals surface area contributed by atoms with Crippen LogP contribution in [-0.2, 0) is 20.3 Å². The lowest BCUT2D eigenvalue weighted by Gasteiger charge is -2.10. The standard InChI is InChI=1S/C6H12O5S/c1-2-4-10-6(7)3-5-11-12(8)9/h2,6-7H,1,3-5H2,(H,8,9)/p-1. The summed E-state index contributed by atoms with van der Waals surface area (Å²) in [4.78, 5) is 0. The highest BCUT2D eigenvalue weighted by Gasteiger charge is 2.01. The van der Waals surface area contributed by atoms with E-state index in [-0.39, 0.29) is 19.6 Å². The molecule has 0 aromatic heterocycles. The molecule has 0 saturated carbocycles. The lowest BCUT2D eigenvalue weighted by molar-refractivity contribution is -0.0972.